The number of para-hydroxylation sites is 1. The van der Waals surface area contributed by atoms with E-state index in [2.05, 4.69) is 106 Å². The molecule has 0 spiro atoms. The first kappa shape index (κ1) is 36.5. The molecular formula is C42H34N4NiPS2+. The number of rotatable bonds is 8. The van der Waals surface area contributed by atoms with Gasteiger partial charge in [-0.3, -0.25) is 4.68 Å². The minimum absolute atomic E-state index is 0. The molecule has 7 rings (SSSR count). The van der Waals surface area contributed by atoms with Gasteiger partial charge in [-0.2, -0.15) is 15.3 Å². The Kier molecular flexibility index (Phi) is 13.4. The van der Waals surface area contributed by atoms with Crippen LogP contribution in [0.1, 0.15) is 22.4 Å². The van der Waals surface area contributed by atoms with Crippen molar-refractivity contribution < 1.29 is 16.5 Å². The molecule has 0 aliphatic heterocycles. The van der Waals surface area contributed by atoms with Gasteiger partial charge in [0, 0.05) is 11.1 Å². The molecular weight excluding hydrogens is 714 g/mol. The van der Waals surface area contributed by atoms with E-state index in [1.807, 2.05) is 97.9 Å². The Morgan fingerprint density at radius 1 is 0.540 bits per heavy atom. The van der Waals surface area contributed by atoms with Crippen LogP contribution in [0.25, 0.3) is 5.69 Å². The fraction of sp³-hybridized carbons (Fsp3) is 0.0238. The molecule has 0 aliphatic rings. The van der Waals surface area contributed by atoms with E-state index in [-0.39, 0.29) is 16.5 Å². The third-order valence-corrected chi connectivity index (χ3v) is 11.2. The molecule has 4 nitrogen and oxygen atoms in total. The zero-order chi connectivity index (χ0) is 33.8. The molecule has 0 unspecified atom stereocenters. The third kappa shape index (κ3) is 9.06. The van der Waals surface area contributed by atoms with Crippen LogP contribution < -0.4 is 15.9 Å². The molecule has 0 saturated heterocycles. The Labute approximate surface area is 316 Å². The first-order valence-corrected chi connectivity index (χ1v) is 18.2. The summed E-state index contributed by atoms with van der Waals surface area (Å²) in [7, 11) is -0.877. The van der Waals surface area contributed by atoms with Crippen molar-refractivity contribution in [3.05, 3.63) is 204 Å². The van der Waals surface area contributed by atoms with Gasteiger partial charge in [-0.25, -0.2) is 0 Å². The van der Waals surface area contributed by atoms with Gasteiger partial charge in [0.05, 0.1) is 19.3 Å². The van der Waals surface area contributed by atoms with E-state index in [0.717, 1.165) is 28.1 Å². The summed E-state index contributed by atoms with van der Waals surface area (Å²) in [5.41, 5.74) is 4.87. The van der Waals surface area contributed by atoms with Gasteiger partial charge in [-0.05, 0) is 61.0 Å². The largest absolute Gasteiger partial charge is 2.00 e. The summed E-state index contributed by atoms with van der Waals surface area (Å²) in [6.07, 6.45) is 0. The van der Waals surface area contributed by atoms with Gasteiger partial charge in [0.15, 0.2) is 0 Å². The summed E-state index contributed by atoms with van der Waals surface area (Å²) >= 11 is 11.3. The van der Waals surface area contributed by atoms with Gasteiger partial charge in [-0.15, -0.1) is 0 Å². The van der Waals surface area contributed by atoms with Gasteiger partial charge in [0.2, 0.25) is 0 Å². The maximum Gasteiger partial charge on any atom is 2.00 e. The van der Waals surface area contributed by atoms with Crippen LogP contribution in [0.15, 0.2) is 197 Å². The van der Waals surface area contributed by atoms with E-state index in [9.17, 15) is 0 Å². The molecule has 0 fully saturated rings. The second-order valence-corrected chi connectivity index (χ2v) is 14.3. The molecule has 0 radical (unpaired) electrons. The van der Waals surface area contributed by atoms with E-state index >= 15 is 0 Å². The fourth-order valence-electron chi connectivity index (χ4n) is 5.42. The molecule has 0 saturated carbocycles. The van der Waals surface area contributed by atoms with Crippen molar-refractivity contribution in [1.82, 2.24) is 9.78 Å². The Bertz CT molecular complexity index is 2030. The van der Waals surface area contributed by atoms with Crippen LogP contribution in [-0.4, -0.2) is 20.5 Å². The molecule has 50 heavy (non-hydrogen) atoms. The summed E-state index contributed by atoms with van der Waals surface area (Å²) in [4.78, 5) is 0. The van der Waals surface area contributed by atoms with Gasteiger partial charge < -0.3 is 25.3 Å². The van der Waals surface area contributed by atoms with Crippen LogP contribution in [0.3, 0.4) is 0 Å². The van der Waals surface area contributed by atoms with Crippen molar-refractivity contribution in [3.8, 4) is 5.69 Å². The van der Waals surface area contributed by atoms with Crippen LogP contribution in [0.2, 0.25) is 0 Å². The Morgan fingerprint density at radius 3 is 1.36 bits per heavy atom. The van der Waals surface area contributed by atoms with Crippen molar-refractivity contribution in [2.45, 2.75) is 11.9 Å². The van der Waals surface area contributed by atoms with Crippen molar-refractivity contribution in [3.63, 3.8) is 0 Å². The number of nitrogens with zero attached hydrogens (tertiary/aromatic N) is 4. The summed E-state index contributed by atoms with van der Waals surface area (Å²) in [6, 6.07) is 61.8. The first-order chi connectivity index (χ1) is 24.1. The van der Waals surface area contributed by atoms with Gasteiger partial charge in [-0.1, -0.05) is 144 Å². The quantitative estimate of drug-likeness (QED) is 0.0395. The maximum absolute atomic E-state index is 5.79. The fourth-order valence-corrected chi connectivity index (χ4v) is 8.56. The minimum Gasteiger partial charge on any atom is -0.759 e. The van der Waals surface area contributed by atoms with Crippen LogP contribution in [-0.2, 0) is 41.7 Å². The predicted octanol–water partition coefficient (Wildman–Crippen LogP) is 8.01. The van der Waals surface area contributed by atoms with Crippen LogP contribution in [0, 0.1) is 6.92 Å². The molecule has 6 aromatic carbocycles. The zero-order valence-corrected chi connectivity index (χ0v) is 30.9. The topological polar surface area (TPSA) is 42.5 Å². The van der Waals surface area contributed by atoms with Gasteiger partial charge >= 0.3 is 16.5 Å². The number of hydrogen-bond donors (Lipinski definition) is 0. The standard InChI is InChI=1S/C24H20N4S2.C18H15P.Ni/c1-17-21(24(30)28(27-17)20-15-9-4-10-16-20)22(18-11-5-2-6-12-18)25-26-23(29)19-13-7-3-8-14-19;1-4-10-16(11-5-1)19(17-12-6-2-7-13-17)18-14-8-3-9-15-18;/h2-16,30H,1H3,(H,26,29);1-15H;/q;;+2/p-1. The van der Waals surface area contributed by atoms with Crippen LogP contribution >= 0.6 is 7.92 Å². The molecule has 1 aromatic heterocycles. The molecule has 7 aromatic rings. The van der Waals surface area contributed by atoms with E-state index < -0.39 is 7.92 Å². The second kappa shape index (κ2) is 18.3. The molecule has 1 heterocycles. The summed E-state index contributed by atoms with van der Waals surface area (Å²) in [5, 5.41) is 18.9. The zero-order valence-electron chi connectivity index (χ0n) is 27.2. The molecule has 0 bridgehead atoms. The van der Waals surface area contributed by atoms with E-state index in [1.165, 1.54) is 15.9 Å². The van der Waals surface area contributed by atoms with Crippen molar-refractivity contribution >= 4 is 59.8 Å². The van der Waals surface area contributed by atoms with Crippen molar-refractivity contribution in [2.24, 2.45) is 10.2 Å². The van der Waals surface area contributed by atoms with Gasteiger partial charge in [0.1, 0.15) is 21.6 Å². The van der Waals surface area contributed by atoms with Gasteiger partial charge in [0.25, 0.3) is 0 Å². The minimum atomic E-state index is -0.877. The molecule has 0 N–H and O–H groups in total. The second-order valence-electron chi connectivity index (χ2n) is 11.1. The molecule has 0 aliphatic carbocycles. The molecule has 248 valence electrons. The van der Waals surface area contributed by atoms with E-state index in [1.54, 1.807) is 4.68 Å². The predicted molar refractivity (Wildman–Crippen MR) is 213 cm³/mol. The Balaban J connectivity index is 0.000000209. The number of hydrogen-bond acceptors (Lipinski definition) is 5. The number of aryl methyl sites for hydroxylation is 1. The first-order valence-electron chi connectivity index (χ1n) is 15.9. The molecule has 8 heteroatoms. The normalized spacial score (nSPS) is 11.3. The van der Waals surface area contributed by atoms with Crippen molar-refractivity contribution in [2.75, 3.05) is 0 Å². The van der Waals surface area contributed by atoms with Crippen molar-refractivity contribution in [1.29, 1.82) is 0 Å². The van der Waals surface area contributed by atoms with Crippen LogP contribution in [0.5, 0.6) is 0 Å². The maximum atomic E-state index is 5.79. The Morgan fingerprint density at radius 2 is 0.920 bits per heavy atom. The third-order valence-electron chi connectivity index (χ3n) is 7.75. The summed E-state index contributed by atoms with van der Waals surface area (Å²) in [6.45, 7) is 1.93. The SMILES string of the molecule is Cc1nn(-c2ccccc2)c([S-])c1C(=NN=C([S-])c1ccccc1)c1ccccc1.[Ni+2].c1ccc([PH+](c2ccccc2)c2ccccc2)cc1. The molecule has 0 amide bonds. The summed E-state index contributed by atoms with van der Waals surface area (Å²) < 4.78 is 1.76. The van der Waals surface area contributed by atoms with Crippen LogP contribution in [0.4, 0.5) is 0 Å². The number of aromatic nitrogens is 2. The number of benzene rings is 6. The smallest absolute Gasteiger partial charge is 0.759 e. The average Bonchev–Trinajstić information content (AvgIpc) is 3.47. The van der Waals surface area contributed by atoms with E-state index in [0.29, 0.717) is 15.8 Å². The average molecular weight is 749 g/mol. The Hall–Kier alpha value is -4.77. The summed E-state index contributed by atoms with van der Waals surface area (Å²) in [5.74, 6) is 0. The molecule has 0 atom stereocenters. The monoisotopic (exact) mass is 747 g/mol. The van der Waals surface area contributed by atoms with E-state index in [4.69, 9.17) is 25.3 Å².